The molecule has 2 N–H and O–H groups in total. The summed E-state index contributed by atoms with van der Waals surface area (Å²) in [6.45, 7) is 1.32. The summed E-state index contributed by atoms with van der Waals surface area (Å²) >= 11 is 0. The standard InChI is InChI=1S/C23H25N3O2/c24-20-16-26(15-19(20)17-8-3-1-4-9-17)23(27)13-7-12-22-25-14-21(28-22)18-10-5-2-6-11-18/h1-6,8-11,14,19-20H,7,12-13,15-16,24H2/t19-,20+/m0/s1. The third-order valence-electron chi connectivity index (χ3n) is 5.34. The SMILES string of the molecule is N[C@@H]1CN(C(=O)CCCc2ncc(-c3ccccc3)o2)C[C@H]1c1ccccc1. The zero-order chi connectivity index (χ0) is 19.3. The van der Waals surface area contributed by atoms with Crippen LogP contribution in [0.4, 0.5) is 0 Å². The van der Waals surface area contributed by atoms with Crippen LogP contribution in [0.1, 0.15) is 30.2 Å². The number of hydrogen-bond acceptors (Lipinski definition) is 4. The number of nitrogens with two attached hydrogens (primary N) is 1. The molecule has 1 aliphatic rings. The lowest BCUT2D eigenvalue weighted by molar-refractivity contribution is -0.130. The van der Waals surface area contributed by atoms with Crippen LogP contribution in [0.25, 0.3) is 11.3 Å². The summed E-state index contributed by atoms with van der Waals surface area (Å²) in [5, 5.41) is 0. The first-order chi connectivity index (χ1) is 13.7. The zero-order valence-electron chi connectivity index (χ0n) is 15.8. The molecule has 1 aliphatic heterocycles. The molecule has 5 nitrogen and oxygen atoms in total. The quantitative estimate of drug-likeness (QED) is 0.714. The molecule has 1 amide bonds. The molecule has 0 unspecified atom stereocenters. The molecular weight excluding hydrogens is 350 g/mol. The Balaban J connectivity index is 1.28. The van der Waals surface area contributed by atoms with Gasteiger partial charge in [0.05, 0.1) is 6.20 Å². The summed E-state index contributed by atoms with van der Waals surface area (Å²) < 4.78 is 5.81. The van der Waals surface area contributed by atoms with Gasteiger partial charge in [-0.25, -0.2) is 4.98 Å². The van der Waals surface area contributed by atoms with E-state index in [0.29, 0.717) is 31.8 Å². The van der Waals surface area contributed by atoms with Gasteiger partial charge in [-0.05, 0) is 12.0 Å². The van der Waals surface area contributed by atoms with Crippen molar-refractivity contribution < 1.29 is 9.21 Å². The summed E-state index contributed by atoms with van der Waals surface area (Å²) in [5.74, 6) is 1.80. The van der Waals surface area contributed by atoms with Gasteiger partial charge in [-0.1, -0.05) is 60.7 Å². The van der Waals surface area contributed by atoms with Crippen LogP contribution in [-0.4, -0.2) is 34.9 Å². The van der Waals surface area contributed by atoms with Crippen LogP contribution in [0.15, 0.2) is 71.3 Å². The average molecular weight is 375 g/mol. The monoisotopic (exact) mass is 375 g/mol. The lowest BCUT2D eigenvalue weighted by atomic mass is 9.95. The van der Waals surface area contributed by atoms with E-state index in [1.165, 1.54) is 5.56 Å². The Hall–Kier alpha value is -2.92. The van der Waals surface area contributed by atoms with Crippen molar-refractivity contribution in [2.75, 3.05) is 13.1 Å². The van der Waals surface area contributed by atoms with Gasteiger partial charge < -0.3 is 15.1 Å². The van der Waals surface area contributed by atoms with Crippen molar-refractivity contribution in [1.29, 1.82) is 0 Å². The van der Waals surface area contributed by atoms with Crippen LogP contribution in [0.2, 0.25) is 0 Å². The number of nitrogens with zero attached hydrogens (tertiary/aromatic N) is 2. The van der Waals surface area contributed by atoms with Gasteiger partial charge in [0.25, 0.3) is 0 Å². The van der Waals surface area contributed by atoms with Crippen LogP contribution in [0, 0.1) is 0 Å². The zero-order valence-corrected chi connectivity index (χ0v) is 15.8. The molecule has 5 heteroatoms. The minimum Gasteiger partial charge on any atom is -0.441 e. The molecule has 3 aromatic rings. The van der Waals surface area contributed by atoms with Crippen LogP contribution in [-0.2, 0) is 11.2 Å². The number of benzene rings is 2. The maximum atomic E-state index is 12.6. The third kappa shape index (κ3) is 4.15. The second-order valence-corrected chi connectivity index (χ2v) is 7.32. The highest BCUT2D eigenvalue weighted by molar-refractivity contribution is 5.76. The Labute approximate surface area is 165 Å². The Bertz CT molecular complexity index is 908. The molecule has 0 radical (unpaired) electrons. The molecule has 1 fully saturated rings. The predicted octanol–water partition coefficient (Wildman–Crippen LogP) is 3.62. The smallest absolute Gasteiger partial charge is 0.222 e. The molecule has 0 bridgehead atoms. The Morgan fingerprint density at radius 2 is 1.79 bits per heavy atom. The molecule has 2 heterocycles. The number of rotatable bonds is 6. The molecule has 4 rings (SSSR count). The lowest BCUT2D eigenvalue weighted by Crippen LogP contribution is -2.32. The highest BCUT2D eigenvalue weighted by Gasteiger charge is 2.33. The molecule has 0 saturated carbocycles. The van der Waals surface area contributed by atoms with E-state index in [9.17, 15) is 4.79 Å². The van der Waals surface area contributed by atoms with Crippen molar-refractivity contribution in [3.63, 3.8) is 0 Å². The minimum atomic E-state index is -0.00785. The number of aromatic nitrogens is 1. The molecule has 1 saturated heterocycles. The molecule has 0 spiro atoms. The molecule has 0 aliphatic carbocycles. The maximum Gasteiger partial charge on any atom is 0.222 e. The number of hydrogen-bond donors (Lipinski definition) is 1. The number of carbonyl (C=O) groups excluding carboxylic acids is 1. The predicted molar refractivity (Wildman–Crippen MR) is 109 cm³/mol. The highest BCUT2D eigenvalue weighted by Crippen LogP contribution is 2.27. The van der Waals surface area contributed by atoms with E-state index < -0.39 is 0 Å². The summed E-state index contributed by atoms with van der Waals surface area (Å²) in [6.07, 6.45) is 3.60. The fraction of sp³-hybridized carbons (Fsp3) is 0.304. The normalized spacial score (nSPS) is 19.1. The molecule has 144 valence electrons. The van der Waals surface area contributed by atoms with E-state index >= 15 is 0 Å². The van der Waals surface area contributed by atoms with Crippen molar-refractivity contribution in [2.24, 2.45) is 5.73 Å². The second kappa shape index (κ2) is 8.40. The van der Waals surface area contributed by atoms with Gasteiger partial charge in [0.1, 0.15) is 0 Å². The minimum absolute atomic E-state index is 0.00785. The number of amides is 1. The van der Waals surface area contributed by atoms with Gasteiger partial charge >= 0.3 is 0 Å². The topological polar surface area (TPSA) is 72.4 Å². The fourth-order valence-electron chi connectivity index (χ4n) is 3.80. The Morgan fingerprint density at radius 3 is 2.54 bits per heavy atom. The fourth-order valence-corrected chi connectivity index (χ4v) is 3.80. The summed E-state index contributed by atoms with van der Waals surface area (Å²) in [6, 6.07) is 20.1. The van der Waals surface area contributed by atoms with E-state index in [0.717, 1.165) is 17.7 Å². The van der Waals surface area contributed by atoms with E-state index in [-0.39, 0.29) is 17.9 Å². The highest BCUT2D eigenvalue weighted by atomic mass is 16.4. The van der Waals surface area contributed by atoms with E-state index in [2.05, 4.69) is 17.1 Å². The summed E-state index contributed by atoms with van der Waals surface area (Å²) in [4.78, 5) is 18.8. The van der Waals surface area contributed by atoms with Gasteiger partial charge in [0.15, 0.2) is 11.7 Å². The first-order valence-corrected chi connectivity index (χ1v) is 9.79. The summed E-state index contributed by atoms with van der Waals surface area (Å²) in [7, 11) is 0. The Morgan fingerprint density at radius 1 is 1.07 bits per heavy atom. The van der Waals surface area contributed by atoms with Crippen molar-refractivity contribution in [3.8, 4) is 11.3 Å². The number of oxazole rings is 1. The van der Waals surface area contributed by atoms with Crippen molar-refractivity contribution in [2.45, 2.75) is 31.2 Å². The molecule has 28 heavy (non-hydrogen) atoms. The van der Waals surface area contributed by atoms with E-state index in [1.807, 2.05) is 53.4 Å². The van der Waals surface area contributed by atoms with E-state index in [4.69, 9.17) is 10.2 Å². The van der Waals surface area contributed by atoms with Gasteiger partial charge in [-0.2, -0.15) is 0 Å². The number of likely N-dealkylation sites (tertiary alicyclic amines) is 1. The van der Waals surface area contributed by atoms with Crippen LogP contribution in [0.3, 0.4) is 0 Å². The average Bonchev–Trinajstić information content (AvgIpc) is 3.36. The van der Waals surface area contributed by atoms with Crippen molar-refractivity contribution in [3.05, 3.63) is 78.3 Å². The van der Waals surface area contributed by atoms with Gasteiger partial charge in [0.2, 0.25) is 5.91 Å². The first-order valence-electron chi connectivity index (χ1n) is 9.79. The van der Waals surface area contributed by atoms with Gasteiger partial charge in [0, 0.05) is 43.5 Å². The molecule has 2 atom stereocenters. The lowest BCUT2D eigenvalue weighted by Gasteiger charge is -2.16. The maximum absolute atomic E-state index is 12.6. The molecule has 1 aromatic heterocycles. The van der Waals surface area contributed by atoms with Crippen LogP contribution < -0.4 is 5.73 Å². The van der Waals surface area contributed by atoms with Gasteiger partial charge in [-0.3, -0.25) is 4.79 Å². The molecular formula is C23H25N3O2. The second-order valence-electron chi connectivity index (χ2n) is 7.32. The largest absolute Gasteiger partial charge is 0.441 e. The number of aryl methyl sites for hydroxylation is 1. The first kappa shape index (κ1) is 18.4. The van der Waals surface area contributed by atoms with Crippen LogP contribution in [0.5, 0.6) is 0 Å². The Kier molecular flexibility index (Phi) is 5.53. The summed E-state index contributed by atoms with van der Waals surface area (Å²) in [5.41, 5.74) is 8.51. The van der Waals surface area contributed by atoms with E-state index in [1.54, 1.807) is 6.20 Å². The van der Waals surface area contributed by atoms with Crippen molar-refractivity contribution >= 4 is 5.91 Å². The van der Waals surface area contributed by atoms with Crippen molar-refractivity contribution in [1.82, 2.24) is 9.88 Å². The molecule has 2 aromatic carbocycles. The van der Waals surface area contributed by atoms with Gasteiger partial charge in [-0.15, -0.1) is 0 Å². The number of carbonyl (C=O) groups is 1. The van der Waals surface area contributed by atoms with Crippen LogP contribution >= 0.6 is 0 Å². The third-order valence-corrected chi connectivity index (χ3v) is 5.34.